The van der Waals surface area contributed by atoms with Gasteiger partial charge in [0.05, 0.1) is 0 Å². The summed E-state index contributed by atoms with van der Waals surface area (Å²) < 4.78 is 0. The molecule has 1 N–H and O–H groups in total. The van der Waals surface area contributed by atoms with Crippen LogP contribution in [0.2, 0.25) is 0 Å². The molecule has 0 aromatic heterocycles. The van der Waals surface area contributed by atoms with Crippen molar-refractivity contribution < 1.29 is 9.90 Å². The first-order valence-electron chi connectivity index (χ1n) is 7.61. The molecule has 0 unspecified atom stereocenters. The highest BCUT2D eigenvalue weighted by molar-refractivity contribution is 6.23. The molecule has 0 atom stereocenters. The fourth-order valence-corrected chi connectivity index (χ4v) is 3.47. The van der Waals surface area contributed by atoms with Crippen LogP contribution in [0.15, 0.2) is 54.6 Å². The Kier molecular flexibility index (Phi) is 2.97. The van der Waals surface area contributed by atoms with Crippen molar-refractivity contribution >= 4 is 38.3 Å². The molecule has 4 aromatic carbocycles. The Morgan fingerprint density at radius 3 is 2.32 bits per heavy atom. The smallest absolute Gasteiger partial charge is 0.303 e. The zero-order valence-electron chi connectivity index (χ0n) is 12.2. The molecule has 0 amide bonds. The van der Waals surface area contributed by atoms with Crippen LogP contribution >= 0.6 is 0 Å². The van der Waals surface area contributed by atoms with Gasteiger partial charge in [-0.1, -0.05) is 54.6 Å². The van der Waals surface area contributed by atoms with Gasteiger partial charge in [0.2, 0.25) is 0 Å². The Morgan fingerprint density at radius 1 is 0.864 bits per heavy atom. The van der Waals surface area contributed by atoms with Gasteiger partial charge in [0, 0.05) is 6.42 Å². The van der Waals surface area contributed by atoms with E-state index in [0.29, 0.717) is 6.42 Å². The zero-order valence-corrected chi connectivity index (χ0v) is 12.2. The number of aliphatic carboxylic acids is 1. The van der Waals surface area contributed by atoms with Gasteiger partial charge in [0.25, 0.3) is 0 Å². The minimum atomic E-state index is -0.725. The first-order chi connectivity index (χ1) is 10.7. The average molecular weight is 288 g/mol. The summed E-state index contributed by atoms with van der Waals surface area (Å²) in [6.07, 6.45) is 1.70. The number of rotatable bonds is 4. The van der Waals surface area contributed by atoms with Crippen molar-refractivity contribution in [2.75, 3.05) is 0 Å². The van der Waals surface area contributed by atoms with Gasteiger partial charge in [-0.25, -0.2) is 0 Å². The van der Waals surface area contributed by atoms with Crippen molar-refractivity contribution in [1.82, 2.24) is 0 Å². The third-order valence-corrected chi connectivity index (χ3v) is 4.43. The molecule has 2 nitrogen and oxygen atoms in total. The number of aryl methyl sites for hydroxylation is 1. The monoisotopic (exact) mass is 288 g/mol. The highest BCUT2D eigenvalue weighted by Crippen LogP contribution is 2.36. The minimum Gasteiger partial charge on any atom is -0.481 e. The molecule has 0 saturated heterocycles. The van der Waals surface area contributed by atoms with Crippen molar-refractivity contribution in [1.29, 1.82) is 0 Å². The lowest BCUT2D eigenvalue weighted by atomic mass is 9.90. The van der Waals surface area contributed by atoms with E-state index in [1.54, 1.807) is 0 Å². The first kappa shape index (κ1) is 13.1. The molecule has 4 rings (SSSR count). The first-order valence-corrected chi connectivity index (χ1v) is 7.61. The third-order valence-electron chi connectivity index (χ3n) is 4.43. The van der Waals surface area contributed by atoms with E-state index in [2.05, 4.69) is 54.6 Å². The molecule has 0 bridgehead atoms. The highest BCUT2D eigenvalue weighted by Gasteiger charge is 2.11. The van der Waals surface area contributed by atoms with Gasteiger partial charge in [-0.3, -0.25) is 4.79 Å². The van der Waals surface area contributed by atoms with Gasteiger partial charge >= 0.3 is 5.97 Å². The maximum atomic E-state index is 10.8. The van der Waals surface area contributed by atoms with E-state index in [4.69, 9.17) is 5.11 Å². The van der Waals surface area contributed by atoms with Gasteiger partial charge < -0.3 is 5.11 Å². The molecule has 22 heavy (non-hydrogen) atoms. The summed E-state index contributed by atoms with van der Waals surface area (Å²) in [6, 6.07) is 19.4. The Morgan fingerprint density at radius 2 is 1.55 bits per heavy atom. The predicted octanol–water partition coefficient (Wildman–Crippen LogP) is 4.99. The summed E-state index contributed by atoms with van der Waals surface area (Å²) in [5.74, 6) is -0.725. The Bertz CT molecular complexity index is 985. The SMILES string of the molecule is O=C(O)CCCc1cc2cccc3ccc4cccc1c4c32. The van der Waals surface area contributed by atoms with Crippen LogP contribution in [0, 0.1) is 0 Å². The number of hydrogen-bond donors (Lipinski definition) is 1. The normalized spacial score (nSPS) is 11.6. The Hall–Kier alpha value is -2.61. The number of benzene rings is 4. The molecule has 0 aliphatic carbocycles. The molecule has 0 radical (unpaired) electrons. The standard InChI is InChI=1S/C20H16O2/c21-18(22)9-3-6-15-12-16-7-1-4-13-10-11-14-5-2-8-17(15)20(14)19(13)16/h1-2,4-5,7-8,10-12H,3,6,9H2,(H,21,22). The van der Waals surface area contributed by atoms with E-state index in [1.165, 1.54) is 37.9 Å². The van der Waals surface area contributed by atoms with Crippen molar-refractivity contribution in [3.63, 3.8) is 0 Å². The van der Waals surface area contributed by atoms with Crippen LogP contribution < -0.4 is 0 Å². The Balaban J connectivity index is 1.98. The van der Waals surface area contributed by atoms with Crippen molar-refractivity contribution in [2.45, 2.75) is 19.3 Å². The van der Waals surface area contributed by atoms with Crippen LogP contribution in [-0.4, -0.2) is 11.1 Å². The van der Waals surface area contributed by atoms with Gasteiger partial charge in [-0.05, 0) is 50.7 Å². The summed E-state index contributed by atoms with van der Waals surface area (Å²) in [5, 5.41) is 16.5. The lowest BCUT2D eigenvalue weighted by molar-refractivity contribution is -0.137. The van der Waals surface area contributed by atoms with E-state index >= 15 is 0 Å². The van der Waals surface area contributed by atoms with Crippen LogP contribution in [0.3, 0.4) is 0 Å². The summed E-state index contributed by atoms with van der Waals surface area (Å²) in [4.78, 5) is 10.8. The lowest BCUT2D eigenvalue weighted by Crippen LogP contribution is -1.97. The molecule has 2 heteroatoms. The number of hydrogen-bond acceptors (Lipinski definition) is 1. The maximum absolute atomic E-state index is 10.8. The number of carboxylic acids is 1. The van der Waals surface area contributed by atoms with Crippen LogP contribution in [-0.2, 0) is 11.2 Å². The topological polar surface area (TPSA) is 37.3 Å². The van der Waals surface area contributed by atoms with E-state index in [9.17, 15) is 4.79 Å². The fraction of sp³-hybridized carbons (Fsp3) is 0.150. The summed E-state index contributed by atoms with van der Waals surface area (Å²) in [7, 11) is 0. The van der Waals surface area contributed by atoms with Gasteiger partial charge in [0.1, 0.15) is 0 Å². The van der Waals surface area contributed by atoms with E-state index in [1.807, 2.05) is 0 Å². The van der Waals surface area contributed by atoms with E-state index in [-0.39, 0.29) is 6.42 Å². The second kappa shape index (κ2) is 4.99. The molecule has 0 spiro atoms. The second-order valence-electron chi connectivity index (χ2n) is 5.83. The van der Waals surface area contributed by atoms with Gasteiger partial charge in [-0.2, -0.15) is 0 Å². The van der Waals surface area contributed by atoms with Crippen molar-refractivity contribution in [2.24, 2.45) is 0 Å². The lowest BCUT2D eigenvalue weighted by Gasteiger charge is -2.14. The second-order valence-corrected chi connectivity index (χ2v) is 5.83. The van der Waals surface area contributed by atoms with E-state index in [0.717, 1.165) is 6.42 Å². The maximum Gasteiger partial charge on any atom is 0.303 e. The molecule has 108 valence electrons. The van der Waals surface area contributed by atoms with Gasteiger partial charge in [-0.15, -0.1) is 0 Å². The molecular weight excluding hydrogens is 272 g/mol. The van der Waals surface area contributed by atoms with Crippen LogP contribution in [0.25, 0.3) is 32.3 Å². The predicted molar refractivity (Wildman–Crippen MR) is 90.7 cm³/mol. The highest BCUT2D eigenvalue weighted by atomic mass is 16.4. The van der Waals surface area contributed by atoms with Crippen molar-refractivity contribution in [3.8, 4) is 0 Å². The van der Waals surface area contributed by atoms with Crippen LogP contribution in [0.4, 0.5) is 0 Å². The van der Waals surface area contributed by atoms with Crippen LogP contribution in [0.1, 0.15) is 18.4 Å². The number of carbonyl (C=O) groups is 1. The summed E-state index contributed by atoms with van der Waals surface area (Å²) in [5.41, 5.74) is 1.25. The molecule has 0 fully saturated rings. The molecule has 0 aliphatic rings. The summed E-state index contributed by atoms with van der Waals surface area (Å²) in [6.45, 7) is 0. The minimum absolute atomic E-state index is 0.221. The quantitative estimate of drug-likeness (QED) is 0.537. The van der Waals surface area contributed by atoms with E-state index < -0.39 is 5.97 Å². The molecular formula is C20H16O2. The molecule has 0 saturated carbocycles. The average Bonchev–Trinajstić information content (AvgIpc) is 2.53. The molecule has 0 heterocycles. The number of carboxylic acid groups (broad SMARTS) is 1. The Labute approximate surface area is 128 Å². The molecule has 0 aliphatic heterocycles. The zero-order chi connectivity index (χ0) is 15.1. The molecule has 4 aromatic rings. The van der Waals surface area contributed by atoms with Crippen LogP contribution in [0.5, 0.6) is 0 Å². The fourth-order valence-electron chi connectivity index (χ4n) is 3.47. The van der Waals surface area contributed by atoms with Crippen molar-refractivity contribution in [3.05, 3.63) is 60.2 Å². The largest absolute Gasteiger partial charge is 0.481 e. The third kappa shape index (κ3) is 2.00. The summed E-state index contributed by atoms with van der Waals surface area (Å²) >= 11 is 0. The van der Waals surface area contributed by atoms with Gasteiger partial charge in [0.15, 0.2) is 0 Å².